The lowest BCUT2D eigenvalue weighted by Crippen LogP contribution is -2.29. The lowest BCUT2D eigenvalue weighted by molar-refractivity contribution is -0.119. The first-order chi connectivity index (χ1) is 6.61. The summed E-state index contributed by atoms with van der Waals surface area (Å²) in [6, 6.07) is 3.08. The van der Waals surface area contributed by atoms with Gasteiger partial charge < -0.3 is 11.1 Å². The molecule has 5 heteroatoms. The zero-order valence-corrected chi connectivity index (χ0v) is 7.39. The molecule has 76 valence electrons. The second kappa shape index (κ2) is 4.66. The molecule has 1 aromatic rings. The molecule has 0 aliphatic carbocycles. The van der Waals surface area contributed by atoms with Gasteiger partial charge in [0.25, 0.3) is 0 Å². The van der Waals surface area contributed by atoms with Gasteiger partial charge in [0, 0.05) is 12.6 Å². The molecule has 0 radical (unpaired) electrons. The van der Waals surface area contributed by atoms with Crippen LogP contribution in [0.5, 0.6) is 0 Å². The lowest BCUT2D eigenvalue weighted by atomic mass is 10.2. The minimum absolute atomic E-state index is 0.0741. The van der Waals surface area contributed by atoms with E-state index in [4.69, 9.17) is 5.73 Å². The molecule has 1 aromatic carbocycles. The highest BCUT2D eigenvalue weighted by molar-refractivity contribution is 5.77. The van der Waals surface area contributed by atoms with E-state index in [0.717, 1.165) is 18.2 Å². The van der Waals surface area contributed by atoms with Crippen LogP contribution in [0.25, 0.3) is 0 Å². The minimum Gasteiger partial charge on any atom is -0.351 e. The van der Waals surface area contributed by atoms with E-state index >= 15 is 0 Å². The van der Waals surface area contributed by atoms with Gasteiger partial charge in [-0.15, -0.1) is 0 Å². The van der Waals surface area contributed by atoms with E-state index in [1.165, 1.54) is 0 Å². The molecule has 0 aromatic heterocycles. The van der Waals surface area contributed by atoms with Crippen LogP contribution in [0.2, 0.25) is 0 Å². The Balaban J connectivity index is 2.63. The summed E-state index contributed by atoms with van der Waals surface area (Å²) >= 11 is 0. The molecule has 3 nitrogen and oxygen atoms in total. The third kappa shape index (κ3) is 3.10. The SMILES string of the molecule is NCC(=O)NCc1cc(F)cc(F)c1. The van der Waals surface area contributed by atoms with Gasteiger partial charge in [0.15, 0.2) is 0 Å². The molecular formula is C9H10F2N2O. The fourth-order valence-electron chi connectivity index (χ4n) is 0.986. The molecule has 0 spiro atoms. The standard InChI is InChI=1S/C9H10F2N2O/c10-7-1-6(2-8(11)3-7)5-13-9(14)4-12/h1-3H,4-5,12H2,(H,13,14). The van der Waals surface area contributed by atoms with Crippen molar-refractivity contribution in [3.63, 3.8) is 0 Å². The van der Waals surface area contributed by atoms with E-state index in [2.05, 4.69) is 5.32 Å². The van der Waals surface area contributed by atoms with Crippen LogP contribution in [0.3, 0.4) is 0 Å². The van der Waals surface area contributed by atoms with Gasteiger partial charge in [0.1, 0.15) is 11.6 Å². The van der Waals surface area contributed by atoms with Crippen LogP contribution < -0.4 is 11.1 Å². The fraction of sp³-hybridized carbons (Fsp3) is 0.222. The Kier molecular flexibility index (Phi) is 3.53. The maximum absolute atomic E-state index is 12.7. The van der Waals surface area contributed by atoms with Gasteiger partial charge in [-0.25, -0.2) is 8.78 Å². The van der Waals surface area contributed by atoms with Crippen molar-refractivity contribution in [3.05, 3.63) is 35.4 Å². The topological polar surface area (TPSA) is 55.1 Å². The number of carbonyl (C=O) groups is 1. The fourth-order valence-corrected chi connectivity index (χ4v) is 0.986. The molecule has 0 saturated heterocycles. The molecule has 0 saturated carbocycles. The Morgan fingerprint density at radius 1 is 1.29 bits per heavy atom. The Morgan fingerprint density at radius 3 is 2.36 bits per heavy atom. The van der Waals surface area contributed by atoms with Crippen LogP contribution in [0.4, 0.5) is 8.78 Å². The number of halogens is 2. The van der Waals surface area contributed by atoms with Crippen LogP contribution in [-0.2, 0) is 11.3 Å². The summed E-state index contributed by atoms with van der Waals surface area (Å²) in [7, 11) is 0. The number of carbonyl (C=O) groups excluding carboxylic acids is 1. The molecule has 0 aliphatic rings. The minimum atomic E-state index is -0.665. The van der Waals surface area contributed by atoms with Gasteiger partial charge in [0.05, 0.1) is 6.54 Å². The third-order valence-corrected chi connectivity index (χ3v) is 1.60. The number of amides is 1. The molecule has 3 N–H and O–H groups in total. The smallest absolute Gasteiger partial charge is 0.234 e. The first-order valence-corrected chi connectivity index (χ1v) is 4.03. The summed E-state index contributed by atoms with van der Waals surface area (Å²) in [5, 5.41) is 2.41. The van der Waals surface area contributed by atoms with Gasteiger partial charge in [-0.3, -0.25) is 4.79 Å². The van der Waals surface area contributed by atoms with Gasteiger partial charge in [-0.2, -0.15) is 0 Å². The van der Waals surface area contributed by atoms with Crippen molar-refractivity contribution in [2.75, 3.05) is 6.54 Å². The van der Waals surface area contributed by atoms with Crippen molar-refractivity contribution in [2.24, 2.45) is 5.73 Å². The number of nitrogens with two attached hydrogens (primary N) is 1. The van der Waals surface area contributed by atoms with E-state index in [1.54, 1.807) is 0 Å². The van der Waals surface area contributed by atoms with Crippen molar-refractivity contribution < 1.29 is 13.6 Å². The maximum Gasteiger partial charge on any atom is 0.234 e. The largest absolute Gasteiger partial charge is 0.351 e. The number of nitrogens with one attached hydrogen (secondary N) is 1. The predicted molar refractivity (Wildman–Crippen MR) is 47.3 cm³/mol. The second-order valence-corrected chi connectivity index (χ2v) is 2.76. The van der Waals surface area contributed by atoms with Crippen molar-refractivity contribution in [1.82, 2.24) is 5.32 Å². The first kappa shape index (κ1) is 10.6. The normalized spacial score (nSPS) is 9.93. The highest BCUT2D eigenvalue weighted by atomic mass is 19.1. The summed E-state index contributed by atoms with van der Waals surface area (Å²) in [5.74, 6) is -1.70. The molecule has 0 heterocycles. The highest BCUT2D eigenvalue weighted by Crippen LogP contribution is 2.07. The molecule has 1 amide bonds. The molecule has 0 unspecified atom stereocenters. The average Bonchev–Trinajstić information content (AvgIpc) is 2.12. The summed E-state index contributed by atoms with van der Waals surface area (Å²) in [6.45, 7) is -0.0670. The monoisotopic (exact) mass is 200 g/mol. The quantitative estimate of drug-likeness (QED) is 0.748. The Bertz CT molecular complexity index is 321. The van der Waals surface area contributed by atoms with E-state index in [9.17, 15) is 13.6 Å². The van der Waals surface area contributed by atoms with Crippen LogP contribution >= 0.6 is 0 Å². The first-order valence-electron chi connectivity index (χ1n) is 4.03. The second-order valence-electron chi connectivity index (χ2n) is 2.76. The molecule has 1 rings (SSSR count). The number of benzene rings is 1. The number of hydrogen-bond acceptors (Lipinski definition) is 2. The highest BCUT2D eigenvalue weighted by Gasteiger charge is 2.01. The van der Waals surface area contributed by atoms with Gasteiger partial charge in [0.2, 0.25) is 5.91 Å². The summed E-state index contributed by atoms with van der Waals surface area (Å²) < 4.78 is 25.3. The molecule has 0 bridgehead atoms. The molecular weight excluding hydrogens is 190 g/mol. The lowest BCUT2D eigenvalue weighted by Gasteiger charge is -2.03. The van der Waals surface area contributed by atoms with E-state index in [0.29, 0.717) is 5.56 Å². The zero-order valence-electron chi connectivity index (χ0n) is 7.39. The molecule has 0 atom stereocenters. The Morgan fingerprint density at radius 2 is 1.86 bits per heavy atom. The van der Waals surface area contributed by atoms with Crippen LogP contribution in [0, 0.1) is 11.6 Å². The van der Waals surface area contributed by atoms with E-state index in [-0.39, 0.29) is 19.0 Å². The van der Waals surface area contributed by atoms with Crippen molar-refractivity contribution >= 4 is 5.91 Å². The van der Waals surface area contributed by atoms with Gasteiger partial charge in [-0.05, 0) is 17.7 Å². The summed E-state index contributed by atoms with van der Waals surface area (Å²) in [5.41, 5.74) is 5.40. The van der Waals surface area contributed by atoms with Crippen LogP contribution in [0.1, 0.15) is 5.56 Å². The van der Waals surface area contributed by atoms with Crippen molar-refractivity contribution in [2.45, 2.75) is 6.54 Å². The van der Waals surface area contributed by atoms with Crippen LogP contribution in [0.15, 0.2) is 18.2 Å². The zero-order chi connectivity index (χ0) is 10.6. The number of hydrogen-bond donors (Lipinski definition) is 2. The number of rotatable bonds is 3. The van der Waals surface area contributed by atoms with E-state index in [1.807, 2.05) is 0 Å². The van der Waals surface area contributed by atoms with Gasteiger partial charge in [-0.1, -0.05) is 0 Å². The third-order valence-electron chi connectivity index (χ3n) is 1.60. The van der Waals surface area contributed by atoms with Crippen molar-refractivity contribution in [3.8, 4) is 0 Å². The van der Waals surface area contributed by atoms with E-state index < -0.39 is 11.6 Å². The molecule has 0 fully saturated rings. The van der Waals surface area contributed by atoms with Crippen LogP contribution in [-0.4, -0.2) is 12.5 Å². The maximum atomic E-state index is 12.7. The Labute approximate surface area is 79.9 Å². The summed E-state index contributed by atoms with van der Waals surface area (Å²) in [6.07, 6.45) is 0. The average molecular weight is 200 g/mol. The molecule has 0 aliphatic heterocycles. The summed E-state index contributed by atoms with van der Waals surface area (Å²) in [4.78, 5) is 10.7. The van der Waals surface area contributed by atoms with Gasteiger partial charge >= 0.3 is 0 Å². The predicted octanol–water partition coefficient (Wildman–Crippen LogP) is 0.540. The van der Waals surface area contributed by atoms with Crippen molar-refractivity contribution in [1.29, 1.82) is 0 Å². The Hall–Kier alpha value is -1.49. The molecule has 14 heavy (non-hydrogen) atoms.